The van der Waals surface area contributed by atoms with E-state index in [0.717, 1.165) is 57.8 Å². The van der Waals surface area contributed by atoms with Crippen LogP contribution in [0.5, 0.6) is 0 Å². The fourth-order valence-electron chi connectivity index (χ4n) is 6.45. The second-order valence-corrected chi connectivity index (χ2v) is 16.6. The summed E-state index contributed by atoms with van der Waals surface area (Å²) >= 11 is 0. The fraction of sp³-hybridized carbons (Fsp3) is 0.826. The molecular formula is C46H85O8P. The fourth-order valence-corrected chi connectivity index (χ4v) is 6.81. The standard InChI is InChI=1S/C46H85O8P/c1-3-5-7-9-11-13-15-17-19-20-21-22-23-24-25-26-27-29-31-33-35-37-39-41-46(48)54-44(43-53-55(49,50)51)42-52-45(47)40-38-36-34-32-30-28-18-16-14-12-10-8-6-4-2/h16,18,26-27,33,35,44H,3-15,17,19-25,28-32,34,36-43H2,1-2H3,(H2,49,50,51)/b18-16+,27-26+,35-33+/t44-/m1/s1. The third kappa shape index (κ3) is 44.8. The minimum atomic E-state index is -4.77. The zero-order chi connectivity index (χ0) is 40.3. The lowest BCUT2D eigenvalue weighted by Crippen LogP contribution is -2.29. The number of hydrogen-bond acceptors (Lipinski definition) is 6. The van der Waals surface area contributed by atoms with Crippen molar-refractivity contribution in [1.29, 1.82) is 0 Å². The summed E-state index contributed by atoms with van der Waals surface area (Å²) in [6.07, 6.45) is 50.3. The summed E-state index contributed by atoms with van der Waals surface area (Å²) in [6.45, 7) is 3.66. The summed E-state index contributed by atoms with van der Waals surface area (Å²) < 4.78 is 26.4. The van der Waals surface area contributed by atoms with Gasteiger partial charge in [0.2, 0.25) is 0 Å². The van der Waals surface area contributed by atoms with E-state index in [1.807, 2.05) is 0 Å². The van der Waals surface area contributed by atoms with E-state index < -0.39 is 32.5 Å². The second kappa shape index (κ2) is 41.9. The first-order valence-corrected chi connectivity index (χ1v) is 24.3. The lowest BCUT2D eigenvalue weighted by atomic mass is 10.0. The molecular weight excluding hydrogens is 711 g/mol. The first-order chi connectivity index (χ1) is 26.8. The van der Waals surface area contributed by atoms with E-state index in [2.05, 4.69) is 54.8 Å². The SMILES string of the molecule is CCCCCCC/C=C/CCCCCCCC(=O)OC[C@H](COP(=O)(O)O)OC(=O)CCC/C=C/CC/C=C/CCCCCCCCCCCCCCCC. The van der Waals surface area contributed by atoms with Gasteiger partial charge >= 0.3 is 19.8 Å². The Hall–Kier alpha value is -1.73. The Morgan fingerprint density at radius 1 is 0.455 bits per heavy atom. The topological polar surface area (TPSA) is 119 Å². The van der Waals surface area contributed by atoms with Crippen LogP contribution < -0.4 is 0 Å². The zero-order valence-corrected chi connectivity index (χ0v) is 36.5. The number of ether oxygens (including phenoxy) is 2. The van der Waals surface area contributed by atoms with Crippen LogP contribution in [0.1, 0.15) is 226 Å². The molecule has 0 aromatic carbocycles. The average molecular weight is 797 g/mol. The molecule has 0 amide bonds. The van der Waals surface area contributed by atoms with Crippen molar-refractivity contribution < 1.29 is 37.9 Å². The number of allylic oxidation sites excluding steroid dienone is 6. The minimum Gasteiger partial charge on any atom is -0.462 e. The van der Waals surface area contributed by atoms with Crippen LogP contribution in [0.25, 0.3) is 0 Å². The average Bonchev–Trinajstić information content (AvgIpc) is 3.16. The van der Waals surface area contributed by atoms with Gasteiger partial charge in [-0.1, -0.05) is 179 Å². The first-order valence-electron chi connectivity index (χ1n) is 22.8. The predicted octanol–water partition coefficient (Wildman–Crippen LogP) is 14.1. The molecule has 322 valence electrons. The van der Waals surface area contributed by atoms with Crippen LogP contribution in [0.2, 0.25) is 0 Å². The summed E-state index contributed by atoms with van der Waals surface area (Å²) in [4.78, 5) is 42.9. The van der Waals surface area contributed by atoms with Crippen molar-refractivity contribution in [2.24, 2.45) is 0 Å². The second-order valence-electron chi connectivity index (χ2n) is 15.4. The molecule has 0 aromatic heterocycles. The number of phosphoric acid groups is 1. The third-order valence-electron chi connectivity index (χ3n) is 9.86. The van der Waals surface area contributed by atoms with Gasteiger partial charge in [0.05, 0.1) is 6.61 Å². The molecule has 0 aliphatic carbocycles. The highest BCUT2D eigenvalue weighted by molar-refractivity contribution is 7.46. The Morgan fingerprint density at radius 2 is 0.800 bits per heavy atom. The molecule has 2 N–H and O–H groups in total. The summed E-state index contributed by atoms with van der Waals surface area (Å²) in [7, 11) is -4.77. The van der Waals surface area contributed by atoms with Crippen LogP contribution in [0.4, 0.5) is 0 Å². The van der Waals surface area contributed by atoms with E-state index in [9.17, 15) is 14.2 Å². The number of carbonyl (C=O) groups excluding carboxylic acids is 2. The molecule has 0 rings (SSSR count). The molecule has 0 aromatic rings. The molecule has 0 fully saturated rings. The quantitative estimate of drug-likeness (QED) is 0.0271. The van der Waals surface area contributed by atoms with Gasteiger partial charge in [0.1, 0.15) is 6.61 Å². The Morgan fingerprint density at radius 3 is 1.22 bits per heavy atom. The summed E-state index contributed by atoms with van der Waals surface area (Å²) in [5.74, 6) is -0.939. The van der Waals surface area contributed by atoms with Crippen LogP contribution in [-0.2, 0) is 28.2 Å². The van der Waals surface area contributed by atoms with Crippen LogP contribution in [-0.4, -0.2) is 41.0 Å². The zero-order valence-electron chi connectivity index (χ0n) is 35.6. The number of phosphoric ester groups is 1. The summed E-state index contributed by atoms with van der Waals surface area (Å²) in [5, 5.41) is 0. The Bertz CT molecular complexity index is 988. The molecule has 0 aliphatic heterocycles. The maximum atomic E-state index is 12.4. The van der Waals surface area contributed by atoms with E-state index in [-0.39, 0.29) is 19.4 Å². The molecule has 0 bridgehead atoms. The van der Waals surface area contributed by atoms with Crippen LogP contribution >= 0.6 is 7.82 Å². The lowest BCUT2D eigenvalue weighted by Gasteiger charge is -2.18. The molecule has 1 atom stereocenters. The van der Waals surface area contributed by atoms with Gasteiger partial charge in [-0.05, 0) is 70.6 Å². The highest BCUT2D eigenvalue weighted by Crippen LogP contribution is 2.36. The van der Waals surface area contributed by atoms with Crippen molar-refractivity contribution in [3.8, 4) is 0 Å². The number of rotatable bonds is 42. The normalized spacial score (nSPS) is 12.7. The Labute approximate surface area is 338 Å². The van der Waals surface area contributed by atoms with Crippen molar-refractivity contribution in [3.05, 3.63) is 36.5 Å². The largest absolute Gasteiger partial charge is 0.469 e. The maximum Gasteiger partial charge on any atom is 0.469 e. The van der Waals surface area contributed by atoms with Gasteiger partial charge in [-0.25, -0.2) is 4.57 Å². The molecule has 8 nitrogen and oxygen atoms in total. The number of esters is 2. The summed E-state index contributed by atoms with van der Waals surface area (Å²) in [6, 6.07) is 0. The predicted molar refractivity (Wildman–Crippen MR) is 230 cm³/mol. The summed E-state index contributed by atoms with van der Waals surface area (Å²) in [5.41, 5.74) is 0. The molecule has 0 spiro atoms. The van der Waals surface area contributed by atoms with Gasteiger partial charge < -0.3 is 19.3 Å². The van der Waals surface area contributed by atoms with Gasteiger partial charge in [-0.3, -0.25) is 14.1 Å². The van der Waals surface area contributed by atoms with Gasteiger partial charge in [-0.15, -0.1) is 0 Å². The molecule has 0 radical (unpaired) electrons. The maximum absolute atomic E-state index is 12.4. The number of unbranched alkanes of at least 4 members (excludes halogenated alkanes) is 26. The van der Waals surface area contributed by atoms with Gasteiger partial charge in [0.15, 0.2) is 6.10 Å². The highest BCUT2D eigenvalue weighted by atomic mass is 31.2. The van der Waals surface area contributed by atoms with Crippen LogP contribution in [0.15, 0.2) is 36.5 Å². The number of carbonyl (C=O) groups is 2. The van der Waals surface area contributed by atoms with E-state index in [1.54, 1.807) is 0 Å². The minimum absolute atomic E-state index is 0.151. The van der Waals surface area contributed by atoms with Crippen molar-refractivity contribution in [1.82, 2.24) is 0 Å². The van der Waals surface area contributed by atoms with Crippen molar-refractivity contribution in [3.63, 3.8) is 0 Å². The molecule has 9 heteroatoms. The molecule has 0 saturated heterocycles. The molecule has 0 aliphatic rings. The Balaban J connectivity index is 3.91. The van der Waals surface area contributed by atoms with Gasteiger partial charge in [0, 0.05) is 12.8 Å². The van der Waals surface area contributed by atoms with Crippen LogP contribution in [0.3, 0.4) is 0 Å². The van der Waals surface area contributed by atoms with Gasteiger partial charge in [0.25, 0.3) is 0 Å². The third-order valence-corrected chi connectivity index (χ3v) is 10.3. The van der Waals surface area contributed by atoms with Crippen LogP contribution in [0, 0.1) is 0 Å². The van der Waals surface area contributed by atoms with Crippen molar-refractivity contribution in [2.45, 2.75) is 232 Å². The van der Waals surface area contributed by atoms with Crippen molar-refractivity contribution in [2.75, 3.05) is 13.2 Å². The van der Waals surface area contributed by atoms with E-state index in [4.69, 9.17) is 19.3 Å². The highest BCUT2D eigenvalue weighted by Gasteiger charge is 2.22. The number of hydrogen-bond donors (Lipinski definition) is 2. The van der Waals surface area contributed by atoms with Gasteiger partial charge in [-0.2, -0.15) is 0 Å². The van der Waals surface area contributed by atoms with E-state index in [1.165, 1.54) is 128 Å². The first kappa shape index (κ1) is 53.3. The Kier molecular flexibility index (Phi) is 40.6. The molecule has 55 heavy (non-hydrogen) atoms. The molecule has 0 heterocycles. The van der Waals surface area contributed by atoms with E-state index >= 15 is 0 Å². The monoisotopic (exact) mass is 797 g/mol. The lowest BCUT2D eigenvalue weighted by molar-refractivity contribution is -0.161. The van der Waals surface area contributed by atoms with E-state index in [0.29, 0.717) is 12.8 Å². The molecule has 0 unspecified atom stereocenters. The molecule has 0 saturated carbocycles. The smallest absolute Gasteiger partial charge is 0.462 e. The van der Waals surface area contributed by atoms with Crippen molar-refractivity contribution >= 4 is 19.8 Å².